The third-order valence-corrected chi connectivity index (χ3v) is 7.11. The monoisotopic (exact) mass is 502 g/mol. The number of amides is 1. The summed E-state index contributed by atoms with van der Waals surface area (Å²) in [7, 11) is -0.735. The Kier molecular flexibility index (Phi) is 7.48. The first-order valence-electron chi connectivity index (χ1n) is 9.51. The summed E-state index contributed by atoms with van der Waals surface area (Å²) in [6, 6.07) is 22.6. The molecule has 3 aromatic carbocycles. The standard InChI is InChI=1S/C23H23BrN2O4S/c1-25(20-9-6-10-21(15-20)30-2)23(27)17-26(16-18-7-4-3-5-8-18)31(28,29)22-13-11-19(24)12-14-22/h3-15H,16-17H2,1-2H3. The maximum Gasteiger partial charge on any atom is 0.243 e. The lowest BCUT2D eigenvalue weighted by molar-refractivity contribution is -0.118. The number of hydrogen-bond donors (Lipinski definition) is 0. The van der Waals surface area contributed by atoms with E-state index in [1.54, 1.807) is 50.6 Å². The summed E-state index contributed by atoms with van der Waals surface area (Å²) >= 11 is 3.32. The number of rotatable bonds is 8. The lowest BCUT2D eigenvalue weighted by Crippen LogP contribution is -2.41. The van der Waals surface area contributed by atoms with E-state index in [4.69, 9.17) is 4.74 Å². The molecule has 0 radical (unpaired) electrons. The first-order valence-corrected chi connectivity index (χ1v) is 11.7. The molecule has 0 N–H and O–H groups in total. The van der Waals surface area contributed by atoms with E-state index in [1.165, 1.54) is 21.3 Å². The van der Waals surface area contributed by atoms with Crippen LogP contribution in [0.3, 0.4) is 0 Å². The van der Waals surface area contributed by atoms with Crippen LogP contribution in [-0.2, 0) is 21.4 Å². The van der Waals surface area contributed by atoms with Gasteiger partial charge in [-0.2, -0.15) is 4.31 Å². The Bertz CT molecular complexity index is 1140. The molecule has 1 amide bonds. The van der Waals surface area contributed by atoms with Crippen LogP contribution in [0.5, 0.6) is 5.75 Å². The summed E-state index contributed by atoms with van der Waals surface area (Å²) < 4.78 is 33.9. The zero-order valence-corrected chi connectivity index (χ0v) is 19.6. The zero-order chi connectivity index (χ0) is 22.4. The minimum atomic E-state index is -3.90. The summed E-state index contributed by atoms with van der Waals surface area (Å²) in [5.74, 6) is 0.255. The van der Waals surface area contributed by atoms with Crippen molar-refractivity contribution in [2.45, 2.75) is 11.4 Å². The molecule has 3 rings (SSSR count). The van der Waals surface area contributed by atoms with E-state index in [1.807, 2.05) is 30.3 Å². The van der Waals surface area contributed by atoms with Crippen LogP contribution in [0, 0.1) is 0 Å². The van der Waals surface area contributed by atoms with E-state index in [0.717, 1.165) is 10.0 Å². The number of anilines is 1. The van der Waals surface area contributed by atoms with Crippen LogP contribution in [0.25, 0.3) is 0 Å². The van der Waals surface area contributed by atoms with Crippen LogP contribution in [0.2, 0.25) is 0 Å². The average molecular weight is 503 g/mol. The van der Waals surface area contributed by atoms with Gasteiger partial charge in [0.2, 0.25) is 15.9 Å². The van der Waals surface area contributed by atoms with Crippen molar-refractivity contribution in [2.24, 2.45) is 0 Å². The number of hydrogen-bond acceptors (Lipinski definition) is 4. The maximum absolute atomic E-state index is 13.4. The molecule has 3 aromatic rings. The predicted octanol–water partition coefficient (Wildman–Crippen LogP) is 4.31. The van der Waals surface area contributed by atoms with E-state index in [2.05, 4.69) is 15.9 Å². The largest absolute Gasteiger partial charge is 0.497 e. The lowest BCUT2D eigenvalue weighted by atomic mass is 10.2. The molecule has 0 aliphatic heterocycles. The van der Waals surface area contributed by atoms with Gasteiger partial charge in [-0.05, 0) is 42.0 Å². The van der Waals surface area contributed by atoms with Crippen molar-refractivity contribution >= 4 is 37.5 Å². The third kappa shape index (κ3) is 5.72. The number of halogens is 1. The Balaban J connectivity index is 1.90. The van der Waals surface area contributed by atoms with E-state index >= 15 is 0 Å². The molecule has 0 fully saturated rings. The molecule has 8 heteroatoms. The molecule has 6 nitrogen and oxygen atoms in total. The fourth-order valence-corrected chi connectivity index (χ4v) is 4.63. The Morgan fingerprint density at radius 2 is 1.65 bits per heavy atom. The van der Waals surface area contributed by atoms with E-state index in [-0.39, 0.29) is 23.9 Å². The van der Waals surface area contributed by atoms with Crippen LogP contribution >= 0.6 is 15.9 Å². The topological polar surface area (TPSA) is 66.9 Å². The first-order chi connectivity index (χ1) is 14.8. The van der Waals surface area contributed by atoms with Crippen molar-refractivity contribution in [1.29, 1.82) is 0 Å². The van der Waals surface area contributed by atoms with Gasteiger partial charge in [0.15, 0.2) is 0 Å². The molecule has 0 atom stereocenters. The van der Waals surface area contributed by atoms with Gasteiger partial charge in [0.25, 0.3) is 0 Å². The number of likely N-dealkylation sites (N-methyl/N-ethyl adjacent to an activating group) is 1. The highest BCUT2D eigenvalue weighted by Gasteiger charge is 2.28. The minimum Gasteiger partial charge on any atom is -0.497 e. The highest BCUT2D eigenvalue weighted by atomic mass is 79.9. The number of carbonyl (C=O) groups excluding carboxylic acids is 1. The lowest BCUT2D eigenvalue weighted by Gasteiger charge is -2.25. The van der Waals surface area contributed by atoms with E-state index < -0.39 is 10.0 Å². The summed E-state index contributed by atoms with van der Waals surface area (Å²) in [5.41, 5.74) is 1.41. The fourth-order valence-electron chi connectivity index (χ4n) is 2.99. The Morgan fingerprint density at radius 3 is 2.29 bits per heavy atom. The van der Waals surface area contributed by atoms with Crippen molar-refractivity contribution in [1.82, 2.24) is 4.31 Å². The fraction of sp³-hybridized carbons (Fsp3) is 0.174. The molecular formula is C23H23BrN2O4S. The van der Waals surface area contributed by atoms with Gasteiger partial charge in [-0.15, -0.1) is 0 Å². The predicted molar refractivity (Wildman–Crippen MR) is 125 cm³/mol. The summed E-state index contributed by atoms with van der Waals surface area (Å²) in [5, 5.41) is 0. The molecule has 0 saturated heterocycles. The molecule has 0 saturated carbocycles. The van der Waals surface area contributed by atoms with Crippen LogP contribution in [0.15, 0.2) is 88.2 Å². The van der Waals surface area contributed by atoms with Crippen LogP contribution in [0.4, 0.5) is 5.69 Å². The van der Waals surface area contributed by atoms with E-state index in [9.17, 15) is 13.2 Å². The van der Waals surface area contributed by atoms with E-state index in [0.29, 0.717) is 11.4 Å². The van der Waals surface area contributed by atoms with Gasteiger partial charge in [0.05, 0.1) is 18.6 Å². The summed E-state index contributed by atoms with van der Waals surface area (Å²) in [4.78, 5) is 14.6. The molecule has 0 heterocycles. The van der Waals surface area contributed by atoms with Gasteiger partial charge >= 0.3 is 0 Å². The number of benzene rings is 3. The molecule has 31 heavy (non-hydrogen) atoms. The molecular weight excluding hydrogens is 480 g/mol. The highest BCUT2D eigenvalue weighted by molar-refractivity contribution is 9.10. The molecule has 0 spiro atoms. The Morgan fingerprint density at radius 1 is 0.968 bits per heavy atom. The van der Waals surface area contributed by atoms with Gasteiger partial charge < -0.3 is 9.64 Å². The number of methoxy groups -OCH3 is 1. The van der Waals surface area contributed by atoms with Crippen molar-refractivity contribution in [3.05, 3.63) is 88.9 Å². The highest BCUT2D eigenvalue weighted by Crippen LogP contribution is 2.23. The second-order valence-electron chi connectivity index (χ2n) is 6.87. The van der Waals surface area contributed by atoms with Gasteiger partial charge in [0, 0.05) is 29.8 Å². The number of carbonyl (C=O) groups is 1. The van der Waals surface area contributed by atoms with Gasteiger partial charge in [-0.25, -0.2) is 8.42 Å². The second-order valence-corrected chi connectivity index (χ2v) is 9.72. The number of sulfonamides is 1. The molecule has 0 aromatic heterocycles. The molecule has 162 valence electrons. The van der Waals surface area contributed by atoms with Gasteiger partial charge in [-0.1, -0.05) is 52.3 Å². The third-order valence-electron chi connectivity index (χ3n) is 4.78. The van der Waals surface area contributed by atoms with Crippen molar-refractivity contribution in [3.63, 3.8) is 0 Å². The quantitative estimate of drug-likeness (QED) is 0.460. The van der Waals surface area contributed by atoms with Crippen molar-refractivity contribution in [2.75, 3.05) is 25.6 Å². The zero-order valence-electron chi connectivity index (χ0n) is 17.2. The van der Waals surface area contributed by atoms with Crippen molar-refractivity contribution in [3.8, 4) is 5.75 Å². The normalized spacial score (nSPS) is 11.4. The van der Waals surface area contributed by atoms with Gasteiger partial charge in [0.1, 0.15) is 5.75 Å². The molecule has 0 bridgehead atoms. The summed E-state index contributed by atoms with van der Waals surface area (Å²) in [6.45, 7) is -0.224. The number of nitrogens with zero attached hydrogens (tertiary/aromatic N) is 2. The van der Waals surface area contributed by atoms with Gasteiger partial charge in [-0.3, -0.25) is 4.79 Å². The van der Waals surface area contributed by atoms with Crippen molar-refractivity contribution < 1.29 is 17.9 Å². The molecule has 0 unspecified atom stereocenters. The SMILES string of the molecule is COc1cccc(N(C)C(=O)CN(Cc2ccccc2)S(=O)(=O)c2ccc(Br)cc2)c1. The molecule has 0 aliphatic carbocycles. The summed E-state index contributed by atoms with van der Waals surface area (Å²) in [6.07, 6.45) is 0. The second kappa shape index (κ2) is 10.1. The average Bonchev–Trinajstić information content (AvgIpc) is 2.79. The Labute approximate surface area is 191 Å². The molecule has 0 aliphatic rings. The maximum atomic E-state index is 13.4. The smallest absolute Gasteiger partial charge is 0.243 e. The first kappa shape index (κ1) is 23.0. The minimum absolute atomic E-state index is 0.0803. The van der Waals surface area contributed by atoms with Crippen LogP contribution in [0.1, 0.15) is 5.56 Å². The van der Waals surface area contributed by atoms with Crippen LogP contribution in [-0.4, -0.2) is 39.3 Å². The van der Waals surface area contributed by atoms with Crippen LogP contribution < -0.4 is 9.64 Å². The Hall–Kier alpha value is -2.68. The number of ether oxygens (including phenoxy) is 1.